The van der Waals surface area contributed by atoms with Crippen molar-refractivity contribution in [2.45, 2.75) is 23.6 Å². The van der Waals surface area contributed by atoms with Crippen molar-refractivity contribution >= 4 is 27.7 Å². The quantitative estimate of drug-likeness (QED) is 0.818. The lowest BCUT2D eigenvalue weighted by Gasteiger charge is -2.10. The smallest absolute Gasteiger partial charge is 0.0507 e. The van der Waals surface area contributed by atoms with Crippen LogP contribution in [0.15, 0.2) is 52.0 Å². The van der Waals surface area contributed by atoms with Crippen LogP contribution in [0.25, 0.3) is 0 Å². The van der Waals surface area contributed by atoms with Gasteiger partial charge in [-0.15, -0.1) is 11.8 Å². The number of pyridine rings is 1. The summed E-state index contributed by atoms with van der Waals surface area (Å²) in [5.74, 6) is 0.897. The highest BCUT2D eigenvalue weighted by molar-refractivity contribution is 9.10. The Morgan fingerprint density at radius 2 is 1.95 bits per heavy atom. The summed E-state index contributed by atoms with van der Waals surface area (Å²) >= 11 is 5.20. The highest BCUT2D eigenvalue weighted by atomic mass is 79.9. The first-order valence-electron chi connectivity index (χ1n) is 6.19. The van der Waals surface area contributed by atoms with Crippen molar-refractivity contribution in [3.05, 3.63) is 58.3 Å². The molecule has 0 aliphatic rings. The van der Waals surface area contributed by atoms with Gasteiger partial charge in [-0.1, -0.05) is 12.1 Å². The number of thioether (sulfide) groups is 1. The first-order valence-corrected chi connectivity index (χ1v) is 7.97. The molecule has 2 aromatic rings. The van der Waals surface area contributed by atoms with Gasteiger partial charge in [0.25, 0.3) is 0 Å². The molecule has 1 aromatic heterocycles. The fourth-order valence-corrected chi connectivity index (χ4v) is 2.72. The van der Waals surface area contributed by atoms with Crippen LogP contribution in [-0.2, 0) is 5.75 Å². The zero-order chi connectivity index (χ0) is 13.7. The van der Waals surface area contributed by atoms with Crippen molar-refractivity contribution in [1.82, 2.24) is 10.3 Å². The second kappa shape index (κ2) is 7.08. The summed E-state index contributed by atoms with van der Waals surface area (Å²) in [7, 11) is 1.98. The standard InChI is InChI=1S/C15H17BrN2S/c1-11(17-2)12-3-7-15(8-4-12)19-10-14-6-5-13(16)9-18-14/h3-9,11,17H,10H2,1-2H3. The van der Waals surface area contributed by atoms with E-state index in [-0.39, 0.29) is 0 Å². The molecular weight excluding hydrogens is 320 g/mol. The highest BCUT2D eigenvalue weighted by Crippen LogP contribution is 2.24. The van der Waals surface area contributed by atoms with E-state index in [1.165, 1.54) is 10.5 Å². The van der Waals surface area contributed by atoms with Crippen molar-refractivity contribution in [3.8, 4) is 0 Å². The van der Waals surface area contributed by atoms with Gasteiger partial charge in [-0.3, -0.25) is 4.98 Å². The van der Waals surface area contributed by atoms with Crippen LogP contribution < -0.4 is 5.32 Å². The van der Waals surface area contributed by atoms with Crippen molar-refractivity contribution in [1.29, 1.82) is 0 Å². The number of hydrogen-bond acceptors (Lipinski definition) is 3. The van der Waals surface area contributed by atoms with Crippen LogP contribution >= 0.6 is 27.7 Å². The lowest BCUT2D eigenvalue weighted by molar-refractivity contribution is 0.652. The topological polar surface area (TPSA) is 24.9 Å². The van der Waals surface area contributed by atoms with Gasteiger partial charge in [0.15, 0.2) is 0 Å². The molecule has 0 amide bonds. The maximum atomic E-state index is 4.37. The van der Waals surface area contributed by atoms with Gasteiger partial charge in [-0.2, -0.15) is 0 Å². The average Bonchev–Trinajstić information content (AvgIpc) is 2.46. The van der Waals surface area contributed by atoms with Gasteiger partial charge in [-0.05, 0) is 59.7 Å². The van der Waals surface area contributed by atoms with Crippen molar-refractivity contribution in [2.75, 3.05) is 7.05 Å². The van der Waals surface area contributed by atoms with Crippen LogP contribution in [-0.4, -0.2) is 12.0 Å². The molecule has 4 heteroatoms. The molecule has 2 rings (SSSR count). The van der Waals surface area contributed by atoms with Crippen LogP contribution in [0.1, 0.15) is 24.2 Å². The van der Waals surface area contributed by atoms with Gasteiger partial charge in [0.1, 0.15) is 0 Å². The Hall–Kier alpha value is -0.840. The first-order chi connectivity index (χ1) is 9.19. The average molecular weight is 337 g/mol. The van der Waals surface area contributed by atoms with Crippen LogP contribution in [0.2, 0.25) is 0 Å². The molecule has 0 saturated carbocycles. The zero-order valence-corrected chi connectivity index (χ0v) is 13.5. The number of benzene rings is 1. The Kier molecular flexibility index (Phi) is 5.43. The van der Waals surface area contributed by atoms with E-state index < -0.39 is 0 Å². The summed E-state index contributed by atoms with van der Waals surface area (Å²) in [6.45, 7) is 2.16. The van der Waals surface area contributed by atoms with Crippen molar-refractivity contribution < 1.29 is 0 Å². The van der Waals surface area contributed by atoms with Gasteiger partial charge >= 0.3 is 0 Å². The maximum Gasteiger partial charge on any atom is 0.0507 e. The molecular formula is C15H17BrN2S. The third-order valence-corrected chi connectivity index (χ3v) is 4.50. The monoisotopic (exact) mass is 336 g/mol. The molecule has 0 bridgehead atoms. The Balaban J connectivity index is 1.94. The summed E-state index contributed by atoms with van der Waals surface area (Å²) in [4.78, 5) is 5.65. The molecule has 0 saturated heterocycles. The SMILES string of the molecule is CNC(C)c1ccc(SCc2ccc(Br)cn2)cc1. The predicted octanol–water partition coefficient (Wildman–Crippen LogP) is 4.42. The van der Waals surface area contributed by atoms with E-state index in [9.17, 15) is 0 Å². The summed E-state index contributed by atoms with van der Waals surface area (Å²) in [6, 6.07) is 13.2. The third kappa shape index (κ3) is 4.34. The van der Waals surface area contributed by atoms with Gasteiger partial charge < -0.3 is 5.32 Å². The predicted molar refractivity (Wildman–Crippen MR) is 85.4 cm³/mol. The number of aromatic nitrogens is 1. The number of nitrogens with one attached hydrogen (secondary N) is 1. The van der Waals surface area contributed by atoms with Crippen LogP contribution in [0, 0.1) is 0 Å². The Morgan fingerprint density at radius 3 is 2.53 bits per heavy atom. The fourth-order valence-electron chi connectivity index (χ4n) is 1.67. The van der Waals surface area contributed by atoms with Crippen molar-refractivity contribution in [2.24, 2.45) is 0 Å². The van der Waals surface area contributed by atoms with E-state index >= 15 is 0 Å². The number of nitrogens with zero attached hydrogens (tertiary/aromatic N) is 1. The summed E-state index contributed by atoms with van der Waals surface area (Å²) < 4.78 is 1.02. The Morgan fingerprint density at radius 1 is 1.21 bits per heavy atom. The minimum Gasteiger partial charge on any atom is -0.313 e. The van der Waals surface area contributed by atoms with Crippen LogP contribution in [0.3, 0.4) is 0 Å². The molecule has 1 heterocycles. The van der Waals surface area contributed by atoms with Gasteiger partial charge in [0.2, 0.25) is 0 Å². The number of halogens is 1. The van der Waals surface area contributed by atoms with Crippen LogP contribution in [0.5, 0.6) is 0 Å². The molecule has 0 aliphatic carbocycles. The summed E-state index contributed by atoms with van der Waals surface area (Å²) in [5, 5.41) is 3.24. The van der Waals surface area contributed by atoms with E-state index in [0.29, 0.717) is 6.04 Å². The molecule has 2 nitrogen and oxygen atoms in total. The second-order valence-electron chi connectivity index (χ2n) is 4.34. The van der Waals surface area contributed by atoms with E-state index in [1.807, 2.05) is 31.1 Å². The molecule has 19 heavy (non-hydrogen) atoms. The van der Waals surface area contributed by atoms with Gasteiger partial charge in [-0.25, -0.2) is 0 Å². The highest BCUT2D eigenvalue weighted by Gasteiger charge is 2.02. The van der Waals surface area contributed by atoms with E-state index in [1.54, 1.807) is 0 Å². The van der Waals surface area contributed by atoms with E-state index in [4.69, 9.17) is 0 Å². The molecule has 0 fully saturated rings. The molecule has 100 valence electrons. The largest absolute Gasteiger partial charge is 0.313 e. The summed E-state index contributed by atoms with van der Waals surface area (Å²) in [6.07, 6.45) is 1.84. The fraction of sp³-hybridized carbons (Fsp3) is 0.267. The van der Waals surface area contributed by atoms with Crippen LogP contribution in [0.4, 0.5) is 0 Å². The molecule has 0 radical (unpaired) electrons. The number of rotatable bonds is 5. The Bertz CT molecular complexity index is 511. The normalized spacial score (nSPS) is 12.4. The molecule has 1 N–H and O–H groups in total. The lowest BCUT2D eigenvalue weighted by atomic mass is 10.1. The number of hydrogen-bond donors (Lipinski definition) is 1. The zero-order valence-electron chi connectivity index (χ0n) is 11.1. The van der Waals surface area contributed by atoms with Gasteiger partial charge in [0, 0.05) is 27.4 Å². The minimum atomic E-state index is 0.396. The lowest BCUT2D eigenvalue weighted by Crippen LogP contribution is -2.11. The molecule has 0 spiro atoms. The van der Waals surface area contributed by atoms with Crippen molar-refractivity contribution in [3.63, 3.8) is 0 Å². The van der Waals surface area contributed by atoms with Gasteiger partial charge in [0.05, 0.1) is 5.69 Å². The molecule has 1 aromatic carbocycles. The molecule has 0 aliphatic heterocycles. The summed E-state index contributed by atoms with van der Waals surface area (Å²) in [5.41, 5.74) is 2.41. The van der Waals surface area contributed by atoms with E-state index in [2.05, 4.69) is 63.5 Å². The third-order valence-electron chi connectivity index (χ3n) is 2.99. The minimum absolute atomic E-state index is 0.396. The Labute approximate surface area is 127 Å². The maximum absolute atomic E-state index is 4.37. The molecule has 1 atom stereocenters. The first kappa shape index (κ1) is 14.6. The van der Waals surface area contributed by atoms with E-state index in [0.717, 1.165) is 15.9 Å². The molecule has 1 unspecified atom stereocenters. The second-order valence-corrected chi connectivity index (χ2v) is 6.30.